The lowest BCUT2D eigenvalue weighted by Crippen LogP contribution is -2.10. The molecule has 0 bridgehead atoms. The van der Waals surface area contributed by atoms with Crippen LogP contribution in [-0.2, 0) is 6.54 Å². The minimum absolute atomic E-state index is 0.169. The number of aromatic nitrogens is 4. The third-order valence-corrected chi connectivity index (χ3v) is 4.08. The number of aryl methyl sites for hydroxylation is 2. The van der Waals surface area contributed by atoms with Gasteiger partial charge in [-0.2, -0.15) is 0 Å². The Kier molecular flexibility index (Phi) is 3.30. The van der Waals surface area contributed by atoms with Gasteiger partial charge in [0.05, 0.1) is 18.6 Å². The summed E-state index contributed by atoms with van der Waals surface area (Å²) in [5.74, 6) is 1.47. The predicted molar refractivity (Wildman–Crippen MR) is 90.9 cm³/mol. The molecule has 0 amide bonds. The number of fused-ring (bicyclic) bond motifs is 1. The van der Waals surface area contributed by atoms with Crippen molar-refractivity contribution in [2.24, 2.45) is 0 Å². The summed E-state index contributed by atoms with van der Waals surface area (Å²) in [5, 5.41) is 1.09. The topological polar surface area (TPSA) is 76.7 Å². The predicted octanol–water partition coefficient (Wildman–Crippen LogP) is 3.04. The molecular weight excluding hydrogens is 304 g/mol. The van der Waals surface area contributed by atoms with Gasteiger partial charge >= 0.3 is 0 Å². The first kappa shape index (κ1) is 14.4. The highest BCUT2D eigenvalue weighted by molar-refractivity contribution is 5.87. The maximum Gasteiger partial charge on any atom is 0.250 e. The number of rotatable bonds is 3. The molecule has 6 nitrogen and oxygen atoms in total. The maximum atomic E-state index is 11.4. The molecule has 24 heavy (non-hydrogen) atoms. The van der Waals surface area contributed by atoms with E-state index in [0.717, 1.165) is 28.1 Å². The summed E-state index contributed by atoms with van der Waals surface area (Å²) < 4.78 is 7.96. The van der Waals surface area contributed by atoms with Crippen molar-refractivity contribution in [3.8, 4) is 11.6 Å². The first-order valence-electron chi connectivity index (χ1n) is 7.66. The van der Waals surface area contributed by atoms with Gasteiger partial charge in [0.1, 0.15) is 5.58 Å². The Morgan fingerprint density at radius 1 is 1.21 bits per heavy atom. The minimum Gasteiger partial charge on any atom is -0.453 e. The Balaban J connectivity index is 1.80. The van der Waals surface area contributed by atoms with E-state index in [4.69, 9.17) is 4.42 Å². The molecule has 6 heteroatoms. The summed E-state index contributed by atoms with van der Waals surface area (Å²) >= 11 is 0. The number of furan rings is 1. The van der Waals surface area contributed by atoms with Crippen LogP contribution in [0.3, 0.4) is 0 Å². The molecule has 1 N–H and O–H groups in total. The van der Waals surface area contributed by atoms with Crippen LogP contribution in [0, 0.1) is 13.8 Å². The molecule has 3 aromatic heterocycles. The van der Waals surface area contributed by atoms with Crippen molar-refractivity contribution in [1.82, 2.24) is 19.5 Å². The number of aromatic amines is 1. The van der Waals surface area contributed by atoms with Crippen molar-refractivity contribution in [1.29, 1.82) is 0 Å². The molecule has 0 aliphatic rings. The van der Waals surface area contributed by atoms with Crippen LogP contribution in [0.25, 0.3) is 22.6 Å². The molecule has 0 aliphatic heterocycles. The fourth-order valence-corrected chi connectivity index (χ4v) is 2.86. The van der Waals surface area contributed by atoms with Gasteiger partial charge in [0, 0.05) is 29.4 Å². The lowest BCUT2D eigenvalue weighted by Gasteiger charge is -2.06. The molecule has 0 atom stereocenters. The van der Waals surface area contributed by atoms with Gasteiger partial charge in [-0.3, -0.25) is 4.79 Å². The van der Waals surface area contributed by atoms with Gasteiger partial charge in [-0.15, -0.1) is 0 Å². The SMILES string of the molecule is Cc1ccc2oc(-c3nccn3Cc3cc(=O)[nH]cn3)c(C)c2c1. The van der Waals surface area contributed by atoms with Gasteiger partial charge in [0.25, 0.3) is 5.56 Å². The monoisotopic (exact) mass is 320 g/mol. The number of hydrogen-bond acceptors (Lipinski definition) is 4. The van der Waals surface area contributed by atoms with E-state index in [-0.39, 0.29) is 5.56 Å². The average molecular weight is 320 g/mol. The van der Waals surface area contributed by atoms with Gasteiger partial charge in [-0.05, 0) is 26.0 Å². The highest BCUT2D eigenvalue weighted by Gasteiger charge is 2.17. The third-order valence-electron chi connectivity index (χ3n) is 4.08. The van der Waals surface area contributed by atoms with Crippen LogP contribution in [-0.4, -0.2) is 19.5 Å². The highest BCUT2D eigenvalue weighted by atomic mass is 16.3. The number of H-pyrrole nitrogens is 1. The Hall–Kier alpha value is -3.15. The molecule has 4 rings (SSSR count). The summed E-state index contributed by atoms with van der Waals surface area (Å²) in [6, 6.07) is 7.61. The van der Waals surface area contributed by atoms with Gasteiger partial charge in [0.2, 0.25) is 0 Å². The first-order valence-corrected chi connectivity index (χ1v) is 7.66. The second kappa shape index (κ2) is 5.49. The van der Waals surface area contributed by atoms with Gasteiger partial charge in [-0.1, -0.05) is 11.6 Å². The van der Waals surface area contributed by atoms with E-state index < -0.39 is 0 Å². The minimum atomic E-state index is -0.169. The number of nitrogens with zero attached hydrogens (tertiary/aromatic N) is 3. The zero-order valence-corrected chi connectivity index (χ0v) is 13.4. The molecule has 0 fully saturated rings. The molecule has 0 saturated heterocycles. The molecular formula is C18H16N4O2. The van der Waals surface area contributed by atoms with Crippen molar-refractivity contribution in [3.05, 3.63) is 70.2 Å². The molecule has 0 saturated carbocycles. The number of benzene rings is 1. The van der Waals surface area contributed by atoms with Crippen molar-refractivity contribution in [2.75, 3.05) is 0 Å². The van der Waals surface area contributed by atoms with Crippen LogP contribution in [0.15, 0.2) is 52.2 Å². The molecule has 0 radical (unpaired) electrons. The molecule has 4 aromatic rings. The van der Waals surface area contributed by atoms with Crippen LogP contribution in [0.5, 0.6) is 0 Å². The van der Waals surface area contributed by atoms with Crippen LogP contribution in [0.2, 0.25) is 0 Å². The van der Waals surface area contributed by atoms with Crippen molar-refractivity contribution >= 4 is 11.0 Å². The van der Waals surface area contributed by atoms with Crippen LogP contribution < -0.4 is 5.56 Å². The van der Waals surface area contributed by atoms with Gasteiger partial charge in [-0.25, -0.2) is 9.97 Å². The summed E-state index contributed by atoms with van der Waals surface area (Å²) in [4.78, 5) is 22.6. The van der Waals surface area contributed by atoms with Crippen LogP contribution >= 0.6 is 0 Å². The zero-order chi connectivity index (χ0) is 16.7. The molecule has 0 spiro atoms. The standard InChI is InChI=1S/C18H16N4O2/c1-11-3-4-15-14(7-11)12(2)17(24-15)18-19-5-6-22(18)9-13-8-16(23)21-10-20-13/h3-8,10H,9H2,1-2H3,(H,20,21,23). The molecule has 0 aliphatic carbocycles. The van der Waals surface area contributed by atoms with E-state index in [1.807, 2.05) is 29.8 Å². The van der Waals surface area contributed by atoms with E-state index in [9.17, 15) is 4.79 Å². The van der Waals surface area contributed by atoms with E-state index in [1.54, 1.807) is 6.20 Å². The molecule has 1 aromatic carbocycles. The van der Waals surface area contributed by atoms with E-state index in [1.165, 1.54) is 18.0 Å². The van der Waals surface area contributed by atoms with E-state index >= 15 is 0 Å². The summed E-state index contributed by atoms with van der Waals surface area (Å²) in [7, 11) is 0. The summed E-state index contributed by atoms with van der Waals surface area (Å²) in [5.41, 5.74) is 3.59. The Labute approximate surface area is 137 Å². The first-order chi connectivity index (χ1) is 11.6. The quantitative estimate of drug-likeness (QED) is 0.629. The Morgan fingerprint density at radius 3 is 2.92 bits per heavy atom. The summed E-state index contributed by atoms with van der Waals surface area (Å²) in [6.45, 7) is 4.55. The van der Waals surface area contributed by atoms with Crippen LogP contribution in [0.1, 0.15) is 16.8 Å². The third kappa shape index (κ3) is 2.42. The second-order valence-corrected chi connectivity index (χ2v) is 5.84. The molecule has 0 unspecified atom stereocenters. The number of hydrogen-bond donors (Lipinski definition) is 1. The van der Waals surface area contributed by atoms with E-state index in [2.05, 4.69) is 27.9 Å². The van der Waals surface area contributed by atoms with Crippen LogP contribution in [0.4, 0.5) is 0 Å². The molecule has 120 valence electrons. The van der Waals surface area contributed by atoms with Crippen molar-refractivity contribution in [2.45, 2.75) is 20.4 Å². The smallest absolute Gasteiger partial charge is 0.250 e. The molecule has 3 heterocycles. The Morgan fingerprint density at radius 2 is 2.08 bits per heavy atom. The lowest BCUT2D eigenvalue weighted by molar-refractivity contribution is 0.613. The fourth-order valence-electron chi connectivity index (χ4n) is 2.86. The van der Waals surface area contributed by atoms with Gasteiger partial charge in [0.15, 0.2) is 11.6 Å². The average Bonchev–Trinajstić information content (AvgIpc) is 3.12. The fraction of sp³-hybridized carbons (Fsp3) is 0.167. The van der Waals surface area contributed by atoms with Crippen molar-refractivity contribution < 1.29 is 4.42 Å². The van der Waals surface area contributed by atoms with E-state index in [0.29, 0.717) is 12.2 Å². The maximum absolute atomic E-state index is 11.4. The number of nitrogens with one attached hydrogen (secondary N) is 1. The highest BCUT2D eigenvalue weighted by Crippen LogP contribution is 2.32. The van der Waals surface area contributed by atoms with Gasteiger partial charge < -0.3 is 14.0 Å². The summed E-state index contributed by atoms with van der Waals surface area (Å²) in [6.07, 6.45) is 4.99. The second-order valence-electron chi connectivity index (χ2n) is 5.84. The zero-order valence-electron chi connectivity index (χ0n) is 13.4. The number of imidazole rings is 1. The van der Waals surface area contributed by atoms with Crippen molar-refractivity contribution in [3.63, 3.8) is 0 Å². The lowest BCUT2D eigenvalue weighted by atomic mass is 10.1. The normalized spacial score (nSPS) is 11.2. The Bertz CT molecular complexity index is 1090. The largest absolute Gasteiger partial charge is 0.453 e.